The molecule has 0 unspecified atom stereocenters. The Morgan fingerprint density at radius 1 is 0.973 bits per heavy atom. The normalized spacial score (nSPS) is 24.3. The van der Waals surface area contributed by atoms with Gasteiger partial charge in [0.15, 0.2) is 6.10 Å². The first kappa shape index (κ1) is 30.5. The number of aliphatic hydroxyl groups excluding tert-OH is 3. The van der Waals surface area contributed by atoms with E-state index in [1.54, 1.807) is 20.8 Å². The number of amides is 1. The maximum Gasteiger partial charge on any atom is 0.335 e. The molecule has 12 heteroatoms. The average molecular weight is 527 g/mol. The summed E-state index contributed by atoms with van der Waals surface area (Å²) in [5, 5.41) is 45.5. The van der Waals surface area contributed by atoms with Crippen molar-refractivity contribution in [1.29, 1.82) is 0 Å². The second-order valence-electron chi connectivity index (χ2n) is 10.9. The number of ether oxygens (including phenoxy) is 3. The van der Waals surface area contributed by atoms with Crippen molar-refractivity contribution < 1.29 is 49.0 Å². The summed E-state index contributed by atoms with van der Waals surface area (Å²) in [4.78, 5) is 36.6. The molecule has 1 aromatic rings. The van der Waals surface area contributed by atoms with Crippen molar-refractivity contribution >= 4 is 17.8 Å². The second-order valence-corrected chi connectivity index (χ2v) is 10.9. The first-order valence-electron chi connectivity index (χ1n) is 11.9. The maximum absolute atomic E-state index is 13.0. The number of benzene rings is 1. The van der Waals surface area contributed by atoms with Gasteiger partial charge in [0.05, 0.1) is 11.0 Å². The van der Waals surface area contributed by atoms with E-state index >= 15 is 0 Å². The van der Waals surface area contributed by atoms with Crippen LogP contribution in [0, 0.1) is 5.41 Å². The van der Waals surface area contributed by atoms with Crippen molar-refractivity contribution in [3.05, 3.63) is 29.3 Å². The molecule has 6 N–H and O–H groups in total. The van der Waals surface area contributed by atoms with Crippen LogP contribution in [0.5, 0.6) is 5.75 Å². The van der Waals surface area contributed by atoms with Crippen LogP contribution in [-0.2, 0) is 25.7 Å². The summed E-state index contributed by atoms with van der Waals surface area (Å²) >= 11 is 0. The lowest BCUT2D eigenvalue weighted by atomic mass is 9.97. The van der Waals surface area contributed by atoms with E-state index < -0.39 is 54.0 Å². The predicted molar refractivity (Wildman–Crippen MR) is 131 cm³/mol. The molecule has 208 valence electrons. The second kappa shape index (κ2) is 12.2. The summed E-state index contributed by atoms with van der Waals surface area (Å²) in [5.41, 5.74) is -0.393. The van der Waals surface area contributed by atoms with E-state index in [9.17, 15) is 34.8 Å². The molecule has 1 aliphatic heterocycles. The molecule has 0 saturated carbocycles. The van der Waals surface area contributed by atoms with E-state index in [1.165, 1.54) is 18.2 Å². The molecule has 12 nitrogen and oxygen atoms in total. The Balaban J connectivity index is 2.27. The van der Waals surface area contributed by atoms with E-state index in [2.05, 4.69) is 10.6 Å². The zero-order valence-corrected chi connectivity index (χ0v) is 22.0. The van der Waals surface area contributed by atoms with Gasteiger partial charge in [0.2, 0.25) is 6.29 Å². The first-order valence-corrected chi connectivity index (χ1v) is 11.9. The van der Waals surface area contributed by atoms with Crippen molar-refractivity contribution in [2.75, 3.05) is 13.1 Å². The smallest absolute Gasteiger partial charge is 0.335 e. The van der Waals surface area contributed by atoms with Crippen LogP contribution in [0.15, 0.2) is 18.2 Å². The van der Waals surface area contributed by atoms with Gasteiger partial charge in [-0.05, 0) is 59.2 Å². The van der Waals surface area contributed by atoms with Crippen molar-refractivity contribution in [2.45, 2.75) is 84.4 Å². The average Bonchev–Trinajstić information content (AvgIpc) is 2.79. The highest BCUT2D eigenvalue weighted by atomic mass is 16.7. The summed E-state index contributed by atoms with van der Waals surface area (Å²) in [7, 11) is 0. The molecule has 0 bridgehead atoms. The fourth-order valence-corrected chi connectivity index (χ4v) is 3.30. The van der Waals surface area contributed by atoms with Crippen LogP contribution in [-0.4, -0.2) is 87.6 Å². The molecule has 1 aliphatic rings. The molecular formula is C25H38N2O10. The summed E-state index contributed by atoms with van der Waals surface area (Å²) in [6, 6.07) is 4.34. The van der Waals surface area contributed by atoms with Gasteiger partial charge in [-0.15, -0.1) is 0 Å². The number of carboxylic acid groups (broad SMARTS) is 1. The van der Waals surface area contributed by atoms with Crippen LogP contribution in [0.2, 0.25) is 0 Å². The number of carboxylic acids is 1. The number of carbonyl (C=O) groups excluding carboxylic acids is 2. The molecule has 1 heterocycles. The van der Waals surface area contributed by atoms with Crippen molar-refractivity contribution in [1.82, 2.24) is 10.6 Å². The third-order valence-corrected chi connectivity index (χ3v) is 5.39. The number of carbonyl (C=O) groups is 3. The summed E-state index contributed by atoms with van der Waals surface area (Å²) in [6.45, 7) is 11.7. The third-order valence-electron chi connectivity index (χ3n) is 5.39. The van der Waals surface area contributed by atoms with Gasteiger partial charge in [0.1, 0.15) is 30.7 Å². The van der Waals surface area contributed by atoms with Gasteiger partial charge in [0.25, 0.3) is 5.91 Å². The van der Waals surface area contributed by atoms with Crippen LogP contribution in [0.4, 0.5) is 0 Å². The number of aliphatic carboxylic acids is 1. The minimum Gasteiger partial charge on any atom is -0.479 e. The zero-order valence-electron chi connectivity index (χ0n) is 22.0. The number of hydrogen-bond donors (Lipinski definition) is 6. The van der Waals surface area contributed by atoms with Crippen LogP contribution in [0.1, 0.15) is 57.5 Å². The standard InChI is InChI=1S/C25H38N2O10/c1-24(2,3)23(34)35-12-13-7-8-15(14(11-13)20(31)26-9-10-27-25(4,5)6)36-22-18(30)16(28)17(29)19(37-22)21(32)33/h7-8,11,16-19,22,27-30H,9-10,12H2,1-6H3,(H,26,31)(H,32,33)/t16-,17-,18+,19-,22+/m0/s1. The molecule has 1 saturated heterocycles. The number of hydrogen-bond acceptors (Lipinski definition) is 10. The molecule has 0 spiro atoms. The van der Waals surface area contributed by atoms with E-state index in [1.807, 2.05) is 20.8 Å². The molecule has 5 atom stereocenters. The van der Waals surface area contributed by atoms with Gasteiger partial charge in [-0.2, -0.15) is 0 Å². The predicted octanol–water partition coefficient (Wildman–Crippen LogP) is 0.165. The number of esters is 1. The number of aliphatic hydroxyl groups is 3. The Labute approximate surface area is 215 Å². The van der Waals surface area contributed by atoms with Crippen LogP contribution < -0.4 is 15.4 Å². The molecule has 0 aromatic heterocycles. The van der Waals surface area contributed by atoms with Crippen LogP contribution in [0.25, 0.3) is 0 Å². The summed E-state index contributed by atoms with van der Waals surface area (Å²) < 4.78 is 16.1. The summed E-state index contributed by atoms with van der Waals surface area (Å²) in [6.07, 6.45) is -9.11. The topological polar surface area (TPSA) is 184 Å². The molecule has 37 heavy (non-hydrogen) atoms. The van der Waals surface area contributed by atoms with Gasteiger partial charge in [-0.3, -0.25) is 9.59 Å². The first-order chi connectivity index (χ1) is 17.0. The van der Waals surface area contributed by atoms with Gasteiger partial charge in [-0.1, -0.05) is 6.07 Å². The largest absolute Gasteiger partial charge is 0.479 e. The minimum absolute atomic E-state index is 0.00310. The van der Waals surface area contributed by atoms with E-state index in [0.29, 0.717) is 12.1 Å². The van der Waals surface area contributed by atoms with E-state index in [4.69, 9.17) is 14.2 Å². The molecule has 1 aromatic carbocycles. The van der Waals surface area contributed by atoms with Crippen LogP contribution >= 0.6 is 0 Å². The van der Waals surface area contributed by atoms with Crippen molar-refractivity contribution in [2.24, 2.45) is 5.41 Å². The molecular weight excluding hydrogens is 488 g/mol. The molecule has 1 fully saturated rings. The fraction of sp³-hybridized carbons (Fsp3) is 0.640. The highest BCUT2D eigenvalue weighted by molar-refractivity contribution is 5.97. The van der Waals surface area contributed by atoms with E-state index in [0.717, 1.165) is 0 Å². The number of nitrogens with one attached hydrogen (secondary N) is 2. The lowest BCUT2D eigenvalue weighted by molar-refractivity contribution is -0.271. The Morgan fingerprint density at radius 3 is 2.19 bits per heavy atom. The van der Waals surface area contributed by atoms with Gasteiger partial charge in [0, 0.05) is 18.6 Å². The summed E-state index contributed by atoms with van der Waals surface area (Å²) in [5.74, 6) is -2.62. The van der Waals surface area contributed by atoms with Crippen LogP contribution in [0.3, 0.4) is 0 Å². The number of rotatable bonds is 9. The molecule has 1 amide bonds. The Bertz CT molecular complexity index is 969. The minimum atomic E-state index is -1.88. The molecule has 0 radical (unpaired) electrons. The SMILES string of the molecule is CC(C)(C)NCCNC(=O)c1cc(COC(=O)C(C)(C)C)ccc1O[C@@H]1O[C@H](C(=O)O)[C@@H](O)[C@H](O)[C@H]1O. The maximum atomic E-state index is 13.0. The highest BCUT2D eigenvalue weighted by Gasteiger charge is 2.48. The Morgan fingerprint density at radius 2 is 1.62 bits per heavy atom. The van der Waals surface area contributed by atoms with Gasteiger partial charge in [-0.25, -0.2) is 4.79 Å². The monoisotopic (exact) mass is 526 g/mol. The zero-order chi connectivity index (χ0) is 28.1. The molecule has 2 rings (SSSR count). The van der Waals surface area contributed by atoms with E-state index in [-0.39, 0.29) is 30.0 Å². The Kier molecular flexibility index (Phi) is 10.0. The lowest BCUT2D eigenvalue weighted by Gasteiger charge is -2.38. The van der Waals surface area contributed by atoms with Gasteiger partial charge < -0.3 is 45.3 Å². The lowest BCUT2D eigenvalue weighted by Crippen LogP contribution is -2.61. The third kappa shape index (κ3) is 8.64. The fourth-order valence-electron chi connectivity index (χ4n) is 3.30. The quantitative estimate of drug-likeness (QED) is 0.190. The Hall–Kier alpha value is -2.77. The van der Waals surface area contributed by atoms with Crippen molar-refractivity contribution in [3.63, 3.8) is 0 Å². The molecule has 0 aliphatic carbocycles. The van der Waals surface area contributed by atoms with Gasteiger partial charge >= 0.3 is 11.9 Å². The highest BCUT2D eigenvalue weighted by Crippen LogP contribution is 2.28. The van der Waals surface area contributed by atoms with Crippen molar-refractivity contribution in [3.8, 4) is 5.75 Å².